The summed E-state index contributed by atoms with van der Waals surface area (Å²) in [6.07, 6.45) is 4.31. The number of piperazine rings is 1. The van der Waals surface area contributed by atoms with Crippen molar-refractivity contribution in [3.63, 3.8) is 0 Å². The number of carbonyl (C=O) groups excluding carboxylic acids is 1. The third kappa shape index (κ3) is 2.49. The summed E-state index contributed by atoms with van der Waals surface area (Å²) in [5.41, 5.74) is 0. The predicted molar refractivity (Wildman–Crippen MR) is 70.9 cm³/mol. The van der Waals surface area contributed by atoms with Crippen LogP contribution in [-0.2, 0) is 6.42 Å². The minimum absolute atomic E-state index is 0.0230. The van der Waals surface area contributed by atoms with Gasteiger partial charge in [0, 0.05) is 32.1 Å². The topological polar surface area (TPSA) is 65.1 Å². The maximum atomic E-state index is 12.4. The average Bonchev–Trinajstić information content (AvgIpc) is 3.05. The molecular formula is C13H21N5O. The number of amides is 1. The zero-order valence-electron chi connectivity index (χ0n) is 11.4. The summed E-state index contributed by atoms with van der Waals surface area (Å²) in [5.74, 6) is 1.12. The Hall–Kier alpha value is -1.43. The van der Waals surface area contributed by atoms with Crippen LogP contribution in [0.15, 0.2) is 0 Å². The molecule has 1 aromatic heterocycles. The van der Waals surface area contributed by atoms with Crippen molar-refractivity contribution in [2.45, 2.75) is 38.6 Å². The quantitative estimate of drug-likeness (QED) is 0.871. The molecule has 1 aromatic rings. The Morgan fingerprint density at radius 2 is 2.32 bits per heavy atom. The zero-order chi connectivity index (χ0) is 13.2. The SMILES string of the molecule is CCCc1nc(C(=O)N2CCN3CCCC3C2)n[nH]1. The van der Waals surface area contributed by atoms with Crippen LogP contribution in [0.25, 0.3) is 0 Å². The van der Waals surface area contributed by atoms with E-state index in [2.05, 4.69) is 27.0 Å². The molecule has 0 bridgehead atoms. The molecule has 6 heteroatoms. The number of hydrogen-bond acceptors (Lipinski definition) is 4. The van der Waals surface area contributed by atoms with Crippen molar-refractivity contribution in [1.82, 2.24) is 25.0 Å². The Labute approximate surface area is 113 Å². The lowest BCUT2D eigenvalue weighted by molar-refractivity contribution is 0.0560. The number of aromatic nitrogens is 3. The fraction of sp³-hybridized carbons (Fsp3) is 0.769. The molecule has 1 atom stereocenters. The Balaban J connectivity index is 1.66. The van der Waals surface area contributed by atoms with Gasteiger partial charge in [0.1, 0.15) is 5.82 Å². The van der Waals surface area contributed by atoms with E-state index in [-0.39, 0.29) is 5.91 Å². The van der Waals surface area contributed by atoms with Crippen molar-refractivity contribution >= 4 is 5.91 Å². The van der Waals surface area contributed by atoms with E-state index in [1.54, 1.807) is 0 Å². The smallest absolute Gasteiger partial charge is 0.293 e. The van der Waals surface area contributed by atoms with Gasteiger partial charge >= 0.3 is 0 Å². The van der Waals surface area contributed by atoms with Gasteiger partial charge in [-0.1, -0.05) is 6.92 Å². The summed E-state index contributed by atoms with van der Waals surface area (Å²) in [5, 5.41) is 6.91. The summed E-state index contributed by atoms with van der Waals surface area (Å²) in [6.45, 7) is 5.89. The van der Waals surface area contributed by atoms with Crippen molar-refractivity contribution in [2.75, 3.05) is 26.2 Å². The number of fused-ring (bicyclic) bond motifs is 1. The first-order valence-corrected chi connectivity index (χ1v) is 7.22. The van der Waals surface area contributed by atoms with Crippen molar-refractivity contribution in [3.05, 3.63) is 11.6 Å². The Morgan fingerprint density at radius 3 is 3.16 bits per heavy atom. The van der Waals surface area contributed by atoms with E-state index in [9.17, 15) is 4.79 Å². The Morgan fingerprint density at radius 1 is 1.42 bits per heavy atom. The summed E-state index contributed by atoms with van der Waals surface area (Å²) >= 11 is 0. The van der Waals surface area contributed by atoms with Crippen LogP contribution >= 0.6 is 0 Å². The lowest BCUT2D eigenvalue weighted by Gasteiger charge is -2.36. The highest BCUT2D eigenvalue weighted by molar-refractivity contribution is 5.90. The van der Waals surface area contributed by atoms with Gasteiger partial charge in [-0.25, -0.2) is 4.98 Å². The average molecular weight is 263 g/mol. The first kappa shape index (κ1) is 12.6. The molecule has 0 aromatic carbocycles. The van der Waals surface area contributed by atoms with Crippen LogP contribution in [0.2, 0.25) is 0 Å². The lowest BCUT2D eigenvalue weighted by atomic mass is 10.1. The summed E-state index contributed by atoms with van der Waals surface area (Å²) in [4.78, 5) is 21.1. The minimum atomic E-state index is -0.0230. The molecule has 19 heavy (non-hydrogen) atoms. The lowest BCUT2D eigenvalue weighted by Crippen LogP contribution is -2.52. The van der Waals surface area contributed by atoms with Crippen LogP contribution in [-0.4, -0.2) is 63.1 Å². The molecule has 0 spiro atoms. The first-order valence-electron chi connectivity index (χ1n) is 7.22. The van der Waals surface area contributed by atoms with Gasteiger partial charge in [0.05, 0.1) is 0 Å². The molecule has 1 N–H and O–H groups in total. The van der Waals surface area contributed by atoms with E-state index in [1.165, 1.54) is 19.4 Å². The second-order valence-electron chi connectivity index (χ2n) is 5.44. The van der Waals surface area contributed by atoms with Crippen molar-refractivity contribution in [1.29, 1.82) is 0 Å². The third-order valence-corrected chi connectivity index (χ3v) is 4.08. The van der Waals surface area contributed by atoms with E-state index in [0.29, 0.717) is 11.9 Å². The van der Waals surface area contributed by atoms with E-state index in [1.807, 2.05) is 4.90 Å². The molecule has 6 nitrogen and oxygen atoms in total. The molecule has 2 aliphatic heterocycles. The number of nitrogens with zero attached hydrogens (tertiary/aromatic N) is 4. The van der Waals surface area contributed by atoms with Gasteiger partial charge in [-0.2, -0.15) is 0 Å². The summed E-state index contributed by atoms with van der Waals surface area (Å²) in [7, 11) is 0. The first-order chi connectivity index (χ1) is 9.28. The highest BCUT2D eigenvalue weighted by atomic mass is 16.2. The van der Waals surface area contributed by atoms with E-state index >= 15 is 0 Å². The molecule has 3 heterocycles. The van der Waals surface area contributed by atoms with Crippen LogP contribution < -0.4 is 0 Å². The zero-order valence-corrected chi connectivity index (χ0v) is 11.4. The molecule has 0 aliphatic carbocycles. The molecule has 0 radical (unpaired) electrons. The fourth-order valence-corrected chi connectivity index (χ4v) is 3.06. The number of nitrogens with one attached hydrogen (secondary N) is 1. The predicted octanol–water partition coefficient (Wildman–Crippen LogP) is 0.677. The molecule has 104 valence electrons. The number of hydrogen-bond donors (Lipinski definition) is 1. The second kappa shape index (κ2) is 5.28. The molecule has 3 rings (SSSR count). The van der Waals surface area contributed by atoms with Crippen LogP contribution in [0, 0.1) is 0 Å². The van der Waals surface area contributed by atoms with Crippen LogP contribution in [0.3, 0.4) is 0 Å². The summed E-state index contributed by atoms with van der Waals surface area (Å²) in [6, 6.07) is 0.548. The van der Waals surface area contributed by atoms with Gasteiger partial charge in [0.25, 0.3) is 5.91 Å². The van der Waals surface area contributed by atoms with Crippen LogP contribution in [0.5, 0.6) is 0 Å². The normalized spacial score (nSPS) is 23.6. The van der Waals surface area contributed by atoms with Crippen LogP contribution in [0.1, 0.15) is 42.6 Å². The van der Waals surface area contributed by atoms with Crippen molar-refractivity contribution < 1.29 is 4.79 Å². The van der Waals surface area contributed by atoms with Gasteiger partial charge in [0.2, 0.25) is 5.82 Å². The molecule has 0 saturated carbocycles. The number of aryl methyl sites for hydroxylation is 1. The molecule has 2 aliphatic rings. The number of H-pyrrole nitrogens is 1. The second-order valence-corrected chi connectivity index (χ2v) is 5.44. The number of rotatable bonds is 3. The summed E-state index contributed by atoms with van der Waals surface area (Å²) < 4.78 is 0. The highest BCUT2D eigenvalue weighted by Gasteiger charge is 2.33. The van der Waals surface area contributed by atoms with E-state index in [4.69, 9.17) is 0 Å². The standard InChI is InChI=1S/C13H21N5O/c1-2-4-11-14-12(16-15-11)13(19)18-8-7-17-6-3-5-10(17)9-18/h10H,2-9H2,1H3,(H,14,15,16). The molecule has 2 fully saturated rings. The highest BCUT2D eigenvalue weighted by Crippen LogP contribution is 2.22. The largest absolute Gasteiger partial charge is 0.333 e. The van der Waals surface area contributed by atoms with Gasteiger partial charge in [0.15, 0.2) is 0 Å². The number of carbonyl (C=O) groups is 1. The molecule has 2 saturated heterocycles. The minimum Gasteiger partial charge on any atom is -0.333 e. The third-order valence-electron chi connectivity index (χ3n) is 4.08. The molecule has 1 unspecified atom stereocenters. The maximum Gasteiger partial charge on any atom is 0.293 e. The number of aromatic amines is 1. The Kier molecular flexibility index (Phi) is 3.50. The van der Waals surface area contributed by atoms with Crippen molar-refractivity contribution in [3.8, 4) is 0 Å². The van der Waals surface area contributed by atoms with Crippen molar-refractivity contribution in [2.24, 2.45) is 0 Å². The Bertz CT molecular complexity index is 458. The van der Waals surface area contributed by atoms with Crippen LogP contribution in [0.4, 0.5) is 0 Å². The monoisotopic (exact) mass is 263 g/mol. The van der Waals surface area contributed by atoms with Gasteiger partial charge < -0.3 is 4.90 Å². The molecule has 1 amide bonds. The van der Waals surface area contributed by atoms with Gasteiger partial charge in [-0.15, -0.1) is 5.10 Å². The van der Waals surface area contributed by atoms with Gasteiger partial charge in [-0.3, -0.25) is 14.8 Å². The van der Waals surface area contributed by atoms with Gasteiger partial charge in [-0.05, 0) is 25.8 Å². The van der Waals surface area contributed by atoms with E-state index in [0.717, 1.165) is 38.3 Å². The van der Waals surface area contributed by atoms with E-state index < -0.39 is 0 Å². The maximum absolute atomic E-state index is 12.4. The fourth-order valence-electron chi connectivity index (χ4n) is 3.06. The molecular weight excluding hydrogens is 242 g/mol.